The predicted molar refractivity (Wildman–Crippen MR) is 84.0 cm³/mol. The lowest BCUT2D eigenvalue weighted by atomic mass is 10.2. The lowest BCUT2D eigenvalue weighted by Gasteiger charge is -2.20. The number of aromatic nitrogens is 2. The molecule has 0 amide bonds. The number of alkyl halides is 1. The van der Waals surface area contributed by atoms with Crippen LogP contribution < -0.4 is 4.90 Å². The first kappa shape index (κ1) is 13.0. The molecule has 2 heterocycles. The van der Waals surface area contributed by atoms with Crippen molar-refractivity contribution in [3.05, 3.63) is 59.9 Å². The molecule has 1 aromatic carbocycles. The maximum absolute atomic E-state index is 6.14. The Bertz CT molecular complexity index is 748. The van der Waals surface area contributed by atoms with Gasteiger partial charge >= 0.3 is 0 Å². The van der Waals surface area contributed by atoms with Crippen LogP contribution in [0.25, 0.3) is 5.65 Å². The molecule has 0 atom stereocenters. The van der Waals surface area contributed by atoms with Gasteiger partial charge in [0.1, 0.15) is 5.65 Å². The van der Waals surface area contributed by atoms with E-state index in [0.29, 0.717) is 5.88 Å². The van der Waals surface area contributed by atoms with Gasteiger partial charge < -0.3 is 9.30 Å². The van der Waals surface area contributed by atoms with Crippen LogP contribution in [0.1, 0.15) is 11.3 Å². The van der Waals surface area contributed by atoms with Gasteiger partial charge in [-0.1, -0.05) is 24.3 Å². The fraction of sp³-hybridized carbons (Fsp3) is 0.188. The van der Waals surface area contributed by atoms with Crippen molar-refractivity contribution in [3.63, 3.8) is 0 Å². The summed E-state index contributed by atoms with van der Waals surface area (Å²) in [7, 11) is 2.03. The molecular formula is C16H16ClN3. The summed E-state index contributed by atoms with van der Waals surface area (Å²) in [6.45, 7) is 2.10. The first-order chi connectivity index (χ1) is 9.72. The topological polar surface area (TPSA) is 20.5 Å². The Hall–Kier alpha value is -2.00. The Balaban J connectivity index is 2.17. The molecule has 0 saturated carbocycles. The molecule has 0 unspecified atom stereocenters. The second-order valence-corrected chi connectivity index (χ2v) is 5.06. The summed E-state index contributed by atoms with van der Waals surface area (Å²) < 4.78 is 2.04. The number of imidazole rings is 1. The van der Waals surface area contributed by atoms with Crippen LogP contribution in [0.3, 0.4) is 0 Å². The molecule has 102 valence electrons. The Morgan fingerprint density at radius 2 is 1.90 bits per heavy atom. The summed E-state index contributed by atoms with van der Waals surface area (Å²) in [5.74, 6) is 1.33. The number of aryl methyl sites for hydroxylation is 1. The minimum absolute atomic E-state index is 0.427. The van der Waals surface area contributed by atoms with Crippen molar-refractivity contribution in [1.82, 2.24) is 9.38 Å². The molecule has 0 saturated heterocycles. The van der Waals surface area contributed by atoms with Crippen LogP contribution in [0, 0.1) is 6.92 Å². The van der Waals surface area contributed by atoms with E-state index >= 15 is 0 Å². The average molecular weight is 286 g/mol. The van der Waals surface area contributed by atoms with Gasteiger partial charge in [0.25, 0.3) is 0 Å². The molecule has 2 aromatic heterocycles. The summed E-state index contributed by atoms with van der Waals surface area (Å²) in [6, 6.07) is 14.2. The van der Waals surface area contributed by atoms with E-state index in [1.54, 1.807) is 0 Å². The number of nitrogens with zero attached hydrogens (tertiary/aromatic N) is 3. The van der Waals surface area contributed by atoms with Gasteiger partial charge in [-0.15, -0.1) is 11.6 Å². The maximum atomic E-state index is 6.14. The lowest BCUT2D eigenvalue weighted by Crippen LogP contribution is -2.13. The fourth-order valence-electron chi connectivity index (χ4n) is 2.48. The largest absolute Gasteiger partial charge is 0.328 e. The average Bonchev–Trinajstić information content (AvgIpc) is 2.85. The Morgan fingerprint density at radius 1 is 1.15 bits per heavy atom. The van der Waals surface area contributed by atoms with Crippen LogP contribution in [0.5, 0.6) is 0 Å². The van der Waals surface area contributed by atoms with Crippen molar-refractivity contribution in [2.45, 2.75) is 12.8 Å². The van der Waals surface area contributed by atoms with Gasteiger partial charge in [0.15, 0.2) is 5.82 Å². The number of fused-ring (bicyclic) bond motifs is 1. The third-order valence-electron chi connectivity index (χ3n) is 3.53. The van der Waals surface area contributed by atoms with Gasteiger partial charge in [0.05, 0.1) is 11.6 Å². The lowest BCUT2D eigenvalue weighted by molar-refractivity contribution is 1.06. The number of pyridine rings is 1. The molecule has 3 aromatic rings. The van der Waals surface area contributed by atoms with Crippen LogP contribution in [-0.4, -0.2) is 16.4 Å². The predicted octanol–water partition coefficient (Wildman–Crippen LogP) is 4.15. The van der Waals surface area contributed by atoms with Gasteiger partial charge in [-0.3, -0.25) is 0 Å². The number of rotatable bonds is 3. The highest BCUT2D eigenvalue weighted by molar-refractivity contribution is 6.17. The zero-order chi connectivity index (χ0) is 14.1. The molecule has 4 heteroatoms. The van der Waals surface area contributed by atoms with Crippen molar-refractivity contribution < 1.29 is 0 Å². The van der Waals surface area contributed by atoms with Crippen molar-refractivity contribution in [2.24, 2.45) is 0 Å². The monoisotopic (exact) mass is 285 g/mol. The van der Waals surface area contributed by atoms with E-state index in [-0.39, 0.29) is 0 Å². The van der Waals surface area contributed by atoms with Crippen LogP contribution in [0.4, 0.5) is 11.5 Å². The number of hydrogen-bond donors (Lipinski definition) is 0. The molecule has 0 spiro atoms. The summed E-state index contributed by atoms with van der Waals surface area (Å²) in [5.41, 5.74) is 4.28. The third kappa shape index (κ3) is 2.04. The number of para-hydroxylation sites is 1. The zero-order valence-electron chi connectivity index (χ0n) is 11.5. The Kier molecular flexibility index (Phi) is 3.36. The van der Waals surface area contributed by atoms with E-state index in [1.807, 2.05) is 48.0 Å². The Morgan fingerprint density at radius 3 is 2.65 bits per heavy atom. The number of halogens is 1. The van der Waals surface area contributed by atoms with E-state index in [0.717, 1.165) is 22.8 Å². The van der Waals surface area contributed by atoms with E-state index in [4.69, 9.17) is 16.6 Å². The van der Waals surface area contributed by atoms with Crippen molar-refractivity contribution in [1.29, 1.82) is 0 Å². The van der Waals surface area contributed by atoms with Crippen molar-refractivity contribution >= 4 is 28.8 Å². The standard InChI is InChI=1S/C16H16ClN3/c1-12-7-3-4-8-13(12)19(2)16-14(11-17)20-10-6-5-9-15(20)18-16/h3-10H,11H2,1-2H3. The first-order valence-corrected chi connectivity index (χ1v) is 7.07. The zero-order valence-corrected chi connectivity index (χ0v) is 12.3. The molecule has 0 fully saturated rings. The molecule has 0 bridgehead atoms. The first-order valence-electron chi connectivity index (χ1n) is 6.53. The SMILES string of the molecule is Cc1ccccc1N(C)c1nc2ccccn2c1CCl. The highest BCUT2D eigenvalue weighted by Gasteiger charge is 2.16. The molecule has 0 aliphatic carbocycles. The molecular weight excluding hydrogens is 270 g/mol. The maximum Gasteiger partial charge on any atom is 0.156 e. The number of anilines is 2. The molecule has 0 aliphatic heterocycles. The van der Waals surface area contributed by atoms with Crippen molar-refractivity contribution in [3.8, 4) is 0 Å². The van der Waals surface area contributed by atoms with Crippen LogP contribution in [0.15, 0.2) is 48.7 Å². The van der Waals surface area contributed by atoms with Gasteiger partial charge in [-0.25, -0.2) is 4.98 Å². The van der Waals surface area contributed by atoms with Crippen molar-refractivity contribution in [2.75, 3.05) is 11.9 Å². The van der Waals surface area contributed by atoms with Gasteiger partial charge in [-0.2, -0.15) is 0 Å². The van der Waals surface area contributed by atoms with Crippen LogP contribution >= 0.6 is 11.6 Å². The number of hydrogen-bond acceptors (Lipinski definition) is 2. The highest BCUT2D eigenvalue weighted by atomic mass is 35.5. The second-order valence-electron chi connectivity index (χ2n) is 4.79. The van der Waals surface area contributed by atoms with E-state index in [9.17, 15) is 0 Å². The molecule has 0 radical (unpaired) electrons. The molecule has 20 heavy (non-hydrogen) atoms. The summed E-state index contributed by atoms with van der Waals surface area (Å²) in [5, 5.41) is 0. The summed E-state index contributed by atoms with van der Waals surface area (Å²) in [6.07, 6.45) is 2.00. The van der Waals surface area contributed by atoms with Crippen LogP contribution in [0.2, 0.25) is 0 Å². The van der Waals surface area contributed by atoms with E-state index in [2.05, 4.69) is 24.0 Å². The van der Waals surface area contributed by atoms with Gasteiger partial charge in [0.2, 0.25) is 0 Å². The molecule has 3 nitrogen and oxygen atoms in total. The smallest absolute Gasteiger partial charge is 0.156 e. The normalized spacial score (nSPS) is 10.9. The Labute approximate surface area is 123 Å². The highest BCUT2D eigenvalue weighted by Crippen LogP contribution is 2.30. The van der Waals surface area contributed by atoms with Gasteiger partial charge in [0, 0.05) is 18.9 Å². The summed E-state index contributed by atoms with van der Waals surface area (Å²) in [4.78, 5) is 6.80. The molecule has 0 aliphatic rings. The fourth-order valence-corrected chi connectivity index (χ4v) is 2.73. The van der Waals surface area contributed by atoms with E-state index in [1.165, 1.54) is 5.56 Å². The third-order valence-corrected chi connectivity index (χ3v) is 3.78. The minimum Gasteiger partial charge on any atom is -0.328 e. The molecule has 0 N–H and O–H groups in total. The minimum atomic E-state index is 0.427. The number of benzene rings is 1. The molecule has 3 rings (SSSR count). The second kappa shape index (κ2) is 5.17. The summed E-state index contributed by atoms with van der Waals surface area (Å²) >= 11 is 6.14. The quantitative estimate of drug-likeness (QED) is 0.674. The van der Waals surface area contributed by atoms with Gasteiger partial charge in [-0.05, 0) is 30.7 Å². The van der Waals surface area contributed by atoms with Crippen LogP contribution in [-0.2, 0) is 5.88 Å². The van der Waals surface area contributed by atoms with E-state index < -0.39 is 0 Å².